The van der Waals surface area contributed by atoms with Crippen molar-refractivity contribution >= 4 is 17.7 Å². The van der Waals surface area contributed by atoms with Crippen LogP contribution in [0.3, 0.4) is 0 Å². The molecule has 2 aromatic heterocycles. The van der Waals surface area contributed by atoms with Crippen LogP contribution in [0.5, 0.6) is 0 Å². The van der Waals surface area contributed by atoms with Crippen LogP contribution in [0.2, 0.25) is 0 Å². The maximum absolute atomic E-state index is 12.0. The number of carbonyl (C=O) groups is 1. The Bertz CT molecular complexity index is 843. The van der Waals surface area contributed by atoms with Crippen molar-refractivity contribution in [2.24, 2.45) is 0 Å². The molecule has 0 atom stereocenters. The van der Waals surface area contributed by atoms with Crippen molar-refractivity contribution in [3.63, 3.8) is 0 Å². The Morgan fingerprint density at radius 2 is 2.08 bits per heavy atom. The molecule has 6 heteroatoms. The lowest BCUT2D eigenvalue weighted by atomic mass is 10.2. The number of aromatic nitrogens is 3. The summed E-state index contributed by atoms with van der Waals surface area (Å²) in [6.07, 6.45) is 6.66. The van der Waals surface area contributed by atoms with Crippen molar-refractivity contribution in [2.45, 2.75) is 20.4 Å². The normalized spacial score (nSPS) is 11.1. The van der Waals surface area contributed by atoms with E-state index in [1.165, 1.54) is 6.08 Å². The molecule has 0 unspecified atom stereocenters. The Balaban J connectivity index is 1.62. The van der Waals surface area contributed by atoms with Crippen LogP contribution >= 0.6 is 0 Å². The fourth-order valence-electron chi connectivity index (χ4n) is 2.32. The molecule has 3 rings (SSSR count). The van der Waals surface area contributed by atoms with Crippen LogP contribution in [0.15, 0.2) is 53.3 Å². The molecule has 0 aliphatic carbocycles. The molecule has 1 amide bonds. The number of amides is 1. The van der Waals surface area contributed by atoms with Gasteiger partial charge in [0.05, 0.1) is 24.1 Å². The molecule has 0 saturated heterocycles. The number of hydrogen-bond donors (Lipinski definition) is 1. The zero-order valence-corrected chi connectivity index (χ0v) is 13.6. The standard InChI is InChI=1S/C18H18N4O2/c1-13-17(14(2)24-21-13)12-22-11-16(10-19-22)20-18(23)9-8-15-6-4-3-5-7-15/h3-11H,12H2,1-2H3,(H,20,23)/b9-8+. The molecule has 24 heavy (non-hydrogen) atoms. The first-order valence-corrected chi connectivity index (χ1v) is 7.60. The Morgan fingerprint density at radius 3 is 2.79 bits per heavy atom. The minimum Gasteiger partial charge on any atom is -0.361 e. The molecule has 3 aromatic rings. The smallest absolute Gasteiger partial charge is 0.248 e. The molecular weight excluding hydrogens is 304 g/mol. The average molecular weight is 322 g/mol. The predicted molar refractivity (Wildman–Crippen MR) is 91.4 cm³/mol. The first kappa shape index (κ1) is 15.7. The van der Waals surface area contributed by atoms with Gasteiger partial charge in [0.1, 0.15) is 5.76 Å². The Morgan fingerprint density at radius 1 is 1.29 bits per heavy atom. The first-order chi connectivity index (χ1) is 11.6. The van der Waals surface area contributed by atoms with Crippen LogP contribution in [-0.4, -0.2) is 20.8 Å². The second-order valence-electron chi connectivity index (χ2n) is 5.46. The summed E-state index contributed by atoms with van der Waals surface area (Å²) in [5.74, 6) is 0.579. The van der Waals surface area contributed by atoms with Gasteiger partial charge in [-0.3, -0.25) is 9.48 Å². The molecule has 0 spiro atoms. The number of nitrogens with zero attached hydrogens (tertiary/aromatic N) is 3. The van der Waals surface area contributed by atoms with E-state index in [1.54, 1.807) is 23.2 Å². The van der Waals surface area contributed by atoms with Crippen LogP contribution in [0.4, 0.5) is 5.69 Å². The zero-order chi connectivity index (χ0) is 16.9. The van der Waals surface area contributed by atoms with Gasteiger partial charge in [-0.05, 0) is 25.5 Å². The average Bonchev–Trinajstić information content (AvgIpc) is 3.15. The highest BCUT2D eigenvalue weighted by atomic mass is 16.5. The van der Waals surface area contributed by atoms with E-state index in [4.69, 9.17) is 4.52 Å². The number of hydrogen-bond acceptors (Lipinski definition) is 4. The summed E-state index contributed by atoms with van der Waals surface area (Å²) < 4.78 is 6.88. The topological polar surface area (TPSA) is 73.0 Å². The molecule has 122 valence electrons. The largest absolute Gasteiger partial charge is 0.361 e. The number of benzene rings is 1. The first-order valence-electron chi connectivity index (χ1n) is 7.60. The summed E-state index contributed by atoms with van der Waals surface area (Å²) in [5, 5.41) is 11.0. The van der Waals surface area contributed by atoms with Crippen LogP contribution in [0.1, 0.15) is 22.6 Å². The fraction of sp³-hybridized carbons (Fsp3) is 0.167. The lowest BCUT2D eigenvalue weighted by molar-refractivity contribution is -0.111. The van der Waals surface area contributed by atoms with E-state index in [1.807, 2.05) is 44.2 Å². The zero-order valence-electron chi connectivity index (χ0n) is 13.6. The third-order valence-corrected chi connectivity index (χ3v) is 3.63. The van der Waals surface area contributed by atoms with E-state index in [0.717, 1.165) is 22.6 Å². The van der Waals surface area contributed by atoms with Gasteiger partial charge >= 0.3 is 0 Å². The SMILES string of the molecule is Cc1noc(C)c1Cn1cc(NC(=O)/C=C/c2ccccc2)cn1. The van der Waals surface area contributed by atoms with Gasteiger partial charge in [-0.2, -0.15) is 5.10 Å². The Labute approximate surface area is 139 Å². The predicted octanol–water partition coefficient (Wildman–Crippen LogP) is 3.19. The molecule has 0 saturated carbocycles. The van der Waals surface area contributed by atoms with Gasteiger partial charge in [0.15, 0.2) is 0 Å². The lowest BCUT2D eigenvalue weighted by Gasteiger charge is -2.00. The Kier molecular flexibility index (Phi) is 4.56. The van der Waals surface area contributed by atoms with E-state index in [0.29, 0.717) is 12.2 Å². The van der Waals surface area contributed by atoms with E-state index < -0.39 is 0 Å². The molecule has 0 radical (unpaired) electrons. The van der Waals surface area contributed by atoms with Crippen LogP contribution in [0, 0.1) is 13.8 Å². The summed E-state index contributed by atoms with van der Waals surface area (Å²) >= 11 is 0. The minimum absolute atomic E-state index is 0.198. The molecule has 0 aliphatic rings. The summed E-state index contributed by atoms with van der Waals surface area (Å²) in [7, 11) is 0. The second-order valence-corrected chi connectivity index (χ2v) is 5.46. The summed E-state index contributed by atoms with van der Waals surface area (Å²) in [6, 6.07) is 9.66. The number of aryl methyl sites for hydroxylation is 2. The van der Waals surface area contributed by atoms with Gasteiger partial charge in [0.25, 0.3) is 0 Å². The van der Waals surface area contributed by atoms with E-state index in [2.05, 4.69) is 15.6 Å². The third-order valence-electron chi connectivity index (χ3n) is 3.63. The highest BCUT2D eigenvalue weighted by Crippen LogP contribution is 2.15. The maximum atomic E-state index is 12.0. The number of nitrogens with one attached hydrogen (secondary N) is 1. The fourth-order valence-corrected chi connectivity index (χ4v) is 2.32. The van der Waals surface area contributed by atoms with Gasteiger partial charge < -0.3 is 9.84 Å². The molecule has 6 nitrogen and oxygen atoms in total. The van der Waals surface area contributed by atoms with Gasteiger partial charge in [-0.25, -0.2) is 0 Å². The van der Waals surface area contributed by atoms with Crippen molar-refractivity contribution in [3.8, 4) is 0 Å². The third kappa shape index (κ3) is 3.78. The van der Waals surface area contributed by atoms with Gasteiger partial charge in [-0.1, -0.05) is 35.5 Å². The van der Waals surface area contributed by atoms with Gasteiger partial charge in [0, 0.05) is 17.8 Å². The Hall–Kier alpha value is -3.15. The van der Waals surface area contributed by atoms with E-state index in [-0.39, 0.29) is 5.91 Å². The molecule has 0 fully saturated rings. The van der Waals surface area contributed by atoms with Crippen molar-refractivity contribution in [2.75, 3.05) is 5.32 Å². The lowest BCUT2D eigenvalue weighted by Crippen LogP contribution is -2.07. The number of carbonyl (C=O) groups excluding carboxylic acids is 1. The summed E-state index contributed by atoms with van der Waals surface area (Å²) in [6.45, 7) is 4.32. The van der Waals surface area contributed by atoms with Gasteiger partial charge in [0.2, 0.25) is 5.91 Å². The monoisotopic (exact) mass is 322 g/mol. The molecule has 1 aromatic carbocycles. The molecule has 2 heterocycles. The minimum atomic E-state index is -0.198. The number of anilines is 1. The number of rotatable bonds is 5. The summed E-state index contributed by atoms with van der Waals surface area (Å²) in [5.41, 5.74) is 3.46. The van der Waals surface area contributed by atoms with Crippen molar-refractivity contribution in [1.82, 2.24) is 14.9 Å². The second kappa shape index (κ2) is 6.95. The highest BCUT2D eigenvalue weighted by molar-refractivity contribution is 6.01. The molecule has 1 N–H and O–H groups in total. The van der Waals surface area contributed by atoms with Crippen molar-refractivity contribution < 1.29 is 9.32 Å². The van der Waals surface area contributed by atoms with E-state index in [9.17, 15) is 4.79 Å². The van der Waals surface area contributed by atoms with Crippen molar-refractivity contribution in [1.29, 1.82) is 0 Å². The molecule has 0 aliphatic heterocycles. The van der Waals surface area contributed by atoms with E-state index >= 15 is 0 Å². The molecule has 0 bridgehead atoms. The van der Waals surface area contributed by atoms with Crippen LogP contribution < -0.4 is 5.32 Å². The quantitative estimate of drug-likeness (QED) is 0.732. The van der Waals surface area contributed by atoms with Gasteiger partial charge in [-0.15, -0.1) is 0 Å². The maximum Gasteiger partial charge on any atom is 0.248 e. The molecular formula is C18H18N4O2. The summed E-state index contributed by atoms with van der Waals surface area (Å²) in [4.78, 5) is 12.0. The highest BCUT2D eigenvalue weighted by Gasteiger charge is 2.10. The van der Waals surface area contributed by atoms with Crippen molar-refractivity contribution in [3.05, 3.63) is 71.4 Å². The van der Waals surface area contributed by atoms with Crippen LogP contribution in [-0.2, 0) is 11.3 Å². The van der Waals surface area contributed by atoms with Crippen LogP contribution in [0.25, 0.3) is 6.08 Å².